The highest BCUT2D eigenvalue weighted by atomic mass is 19.1. The second kappa shape index (κ2) is 17.4. The van der Waals surface area contributed by atoms with Crippen molar-refractivity contribution in [3.8, 4) is 0 Å². The lowest BCUT2D eigenvalue weighted by molar-refractivity contribution is 0.0594. The van der Waals surface area contributed by atoms with Crippen molar-refractivity contribution in [1.29, 1.82) is 0 Å². The predicted octanol–water partition coefficient (Wildman–Crippen LogP) is 7.30. The standard InChI is InChI=1S/C35H52FN3O2/c1-4-6-7-8-9-10-11-12-13-14-25-38(3)35(5-2,33(40)30-19-21-32(36)22-20-30)28-29-15-17-31(18-16-29)34(41)39-26-23-37-24-27-39/h15-22,37H,4-14,23-28H2,1-3H3. The zero-order chi connectivity index (χ0) is 29.5. The van der Waals surface area contributed by atoms with E-state index in [1.807, 2.05) is 29.2 Å². The summed E-state index contributed by atoms with van der Waals surface area (Å²) in [5, 5.41) is 3.28. The number of Topliss-reactive ketones (excluding diaryl/α,β-unsaturated/α-hetero) is 1. The van der Waals surface area contributed by atoms with E-state index >= 15 is 0 Å². The van der Waals surface area contributed by atoms with E-state index in [-0.39, 0.29) is 17.5 Å². The van der Waals surface area contributed by atoms with Gasteiger partial charge in [0.1, 0.15) is 5.82 Å². The van der Waals surface area contributed by atoms with Crippen molar-refractivity contribution in [2.24, 2.45) is 0 Å². The Balaban J connectivity index is 1.66. The number of carbonyl (C=O) groups is 2. The minimum Gasteiger partial charge on any atom is -0.336 e. The SMILES string of the molecule is CCCCCCCCCCCCN(C)C(CC)(Cc1ccc(C(=O)N2CCNCC2)cc1)C(=O)c1ccc(F)cc1. The molecular formula is C35H52FN3O2. The van der Waals surface area contributed by atoms with Crippen LogP contribution in [0.1, 0.15) is 111 Å². The molecule has 1 fully saturated rings. The van der Waals surface area contributed by atoms with Gasteiger partial charge in [0.2, 0.25) is 0 Å². The lowest BCUT2D eigenvalue weighted by Crippen LogP contribution is -2.54. The van der Waals surface area contributed by atoms with Crippen molar-refractivity contribution in [1.82, 2.24) is 15.1 Å². The third-order valence-corrected chi connectivity index (χ3v) is 8.79. The third kappa shape index (κ3) is 9.75. The second-order valence-corrected chi connectivity index (χ2v) is 11.7. The van der Waals surface area contributed by atoms with Gasteiger partial charge in [-0.05, 0) is 74.8 Å². The molecule has 226 valence electrons. The normalized spacial score (nSPS) is 15.2. The monoisotopic (exact) mass is 565 g/mol. The molecule has 3 rings (SSSR count). The first-order valence-corrected chi connectivity index (χ1v) is 16.0. The topological polar surface area (TPSA) is 52.7 Å². The summed E-state index contributed by atoms with van der Waals surface area (Å²) in [4.78, 5) is 31.2. The number of benzene rings is 2. The number of amides is 1. The lowest BCUT2D eigenvalue weighted by Gasteiger charge is -2.40. The molecule has 0 aliphatic carbocycles. The van der Waals surface area contributed by atoms with Gasteiger partial charge in [-0.3, -0.25) is 14.5 Å². The molecule has 0 saturated carbocycles. The fourth-order valence-corrected chi connectivity index (χ4v) is 6.02. The highest BCUT2D eigenvalue weighted by molar-refractivity contribution is 6.03. The Morgan fingerprint density at radius 1 is 0.805 bits per heavy atom. The number of ketones is 1. The van der Waals surface area contributed by atoms with E-state index < -0.39 is 5.54 Å². The van der Waals surface area contributed by atoms with Crippen LogP contribution < -0.4 is 5.32 Å². The molecule has 6 heteroatoms. The molecule has 1 atom stereocenters. The number of rotatable bonds is 18. The molecule has 1 aliphatic rings. The molecule has 5 nitrogen and oxygen atoms in total. The van der Waals surface area contributed by atoms with Crippen LogP contribution in [-0.2, 0) is 6.42 Å². The van der Waals surface area contributed by atoms with Crippen molar-refractivity contribution in [3.05, 3.63) is 71.0 Å². The Hall–Kier alpha value is -2.57. The van der Waals surface area contributed by atoms with E-state index in [1.54, 1.807) is 12.1 Å². The first kappa shape index (κ1) is 32.9. The summed E-state index contributed by atoms with van der Waals surface area (Å²) < 4.78 is 13.7. The first-order valence-electron chi connectivity index (χ1n) is 16.0. The second-order valence-electron chi connectivity index (χ2n) is 11.7. The molecule has 0 aromatic heterocycles. The predicted molar refractivity (Wildman–Crippen MR) is 167 cm³/mol. The molecule has 1 unspecified atom stereocenters. The van der Waals surface area contributed by atoms with Gasteiger partial charge in [0.05, 0.1) is 5.54 Å². The number of unbranched alkanes of at least 4 members (excludes halogenated alkanes) is 9. The average Bonchev–Trinajstić information content (AvgIpc) is 3.01. The molecule has 1 heterocycles. The van der Waals surface area contributed by atoms with Gasteiger partial charge in [-0.15, -0.1) is 0 Å². The van der Waals surface area contributed by atoms with Crippen LogP contribution in [-0.4, -0.2) is 66.8 Å². The highest BCUT2D eigenvalue weighted by Gasteiger charge is 2.41. The van der Waals surface area contributed by atoms with Crippen LogP contribution in [0.15, 0.2) is 48.5 Å². The quantitative estimate of drug-likeness (QED) is 0.152. The number of hydrogen-bond donors (Lipinski definition) is 1. The fourth-order valence-electron chi connectivity index (χ4n) is 6.02. The van der Waals surface area contributed by atoms with Gasteiger partial charge in [-0.1, -0.05) is 83.8 Å². The van der Waals surface area contributed by atoms with Gasteiger partial charge >= 0.3 is 0 Å². The maximum absolute atomic E-state index is 14.1. The van der Waals surface area contributed by atoms with Crippen LogP contribution in [0, 0.1) is 5.82 Å². The fraction of sp³-hybridized carbons (Fsp3) is 0.600. The van der Waals surface area contributed by atoms with Crippen LogP contribution in [0.3, 0.4) is 0 Å². The molecule has 1 N–H and O–H groups in total. The molecule has 1 saturated heterocycles. The Morgan fingerprint density at radius 3 is 1.90 bits per heavy atom. The summed E-state index contributed by atoms with van der Waals surface area (Å²) in [7, 11) is 2.06. The van der Waals surface area contributed by atoms with Crippen LogP contribution >= 0.6 is 0 Å². The van der Waals surface area contributed by atoms with Crippen LogP contribution in [0.4, 0.5) is 4.39 Å². The zero-order valence-corrected chi connectivity index (χ0v) is 25.7. The summed E-state index contributed by atoms with van der Waals surface area (Å²) in [6.45, 7) is 8.23. The summed E-state index contributed by atoms with van der Waals surface area (Å²) in [6.07, 6.45) is 13.9. The van der Waals surface area contributed by atoms with Crippen LogP contribution in [0.5, 0.6) is 0 Å². The summed E-state index contributed by atoms with van der Waals surface area (Å²) in [5.74, 6) is -0.261. The van der Waals surface area contributed by atoms with Crippen molar-refractivity contribution in [2.45, 2.75) is 96.4 Å². The van der Waals surface area contributed by atoms with Crippen LogP contribution in [0.2, 0.25) is 0 Å². The Bertz CT molecular complexity index is 1050. The lowest BCUT2D eigenvalue weighted by atomic mass is 9.79. The summed E-state index contributed by atoms with van der Waals surface area (Å²) in [5.41, 5.74) is 1.49. The number of piperazine rings is 1. The molecule has 0 spiro atoms. The van der Waals surface area contributed by atoms with Crippen LogP contribution in [0.25, 0.3) is 0 Å². The Labute approximate surface area is 247 Å². The summed E-state index contributed by atoms with van der Waals surface area (Å²) >= 11 is 0. The van der Waals surface area contributed by atoms with Gasteiger partial charge in [0.15, 0.2) is 5.78 Å². The number of nitrogens with zero attached hydrogens (tertiary/aromatic N) is 2. The molecule has 1 amide bonds. The van der Waals surface area contributed by atoms with Crippen molar-refractivity contribution in [2.75, 3.05) is 39.8 Å². The molecule has 41 heavy (non-hydrogen) atoms. The molecular weight excluding hydrogens is 513 g/mol. The van der Waals surface area contributed by atoms with E-state index in [4.69, 9.17) is 0 Å². The van der Waals surface area contributed by atoms with Gasteiger partial charge in [-0.25, -0.2) is 4.39 Å². The van der Waals surface area contributed by atoms with E-state index in [0.717, 1.165) is 51.1 Å². The van der Waals surface area contributed by atoms with Crippen molar-refractivity contribution < 1.29 is 14.0 Å². The molecule has 2 aromatic carbocycles. The summed E-state index contributed by atoms with van der Waals surface area (Å²) in [6, 6.07) is 13.7. The number of carbonyl (C=O) groups excluding carboxylic acids is 2. The zero-order valence-electron chi connectivity index (χ0n) is 25.7. The largest absolute Gasteiger partial charge is 0.336 e. The van der Waals surface area contributed by atoms with E-state index in [9.17, 15) is 14.0 Å². The molecule has 0 radical (unpaired) electrons. The smallest absolute Gasteiger partial charge is 0.253 e. The maximum Gasteiger partial charge on any atom is 0.253 e. The van der Waals surface area contributed by atoms with Gasteiger partial charge in [0.25, 0.3) is 5.91 Å². The number of hydrogen-bond acceptors (Lipinski definition) is 4. The maximum atomic E-state index is 14.1. The average molecular weight is 566 g/mol. The molecule has 1 aliphatic heterocycles. The van der Waals surface area contributed by atoms with Gasteiger partial charge < -0.3 is 10.2 Å². The Kier molecular flexibility index (Phi) is 14.0. The highest BCUT2D eigenvalue weighted by Crippen LogP contribution is 2.30. The molecule has 2 aromatic rings. The van der Waals surface area contributed by atoms with Crippen molar-refractivity contribution >= 4 is 11.7 Å². The van der Waals surface area contributed by atoms with E-state index in [2.05, 4.69) is 31.1 Å². The van der Waals surface area contributed by atoms with Crippen molar-refractivity contribution in [3.63, 3.8) is 0 Å². The van der Waals surface area contributed by atoms with E-state index in [0.29, 0.717) is 24.0 Å². The number of halogens is 1. The van der Waals surface area contributed by atoms with E-state index in [1.165, 1.54) is 63.5 Å². The Morgan fingerprint density at radius 2 is 1.34 bits per heavy atom. The number of likely N-dealkylation sites (N-methyl/N-ethyl adjacent to an activating group) is 1. The first-order chi connectivity index (χ1) is 19.9. The molecule has 0 bridgehead atoms. The minimum absolute atomic E-state index is 0.0237. The number of nitrogens with one attached hydrogen (secondary N) is 1. The minimum atomic E-state index is -0.749. The van der Waals surface area contributed by atoms with Gasteiger partial charge in [-0.2, -0.15) is 0 Å². The third-order valence-electron chi connectivity index (χ3n) is 8.79. The van der Waals surface area contributed by atoms with Gasteiger partial charge in [0, 0.05) is 37.3 Å².